The minimum absolute atomic E-state index is 0.00705. The van der Waals surface area contributed by atoms with Gasteiger partial charge in [0.15, 0.2) is 0 Å². The van der Waals surface area contributed by atoms with Gasteiger partial charge in [0.25, 0.3) is 5.91 Å². The summed E-state index contributed by atoms with van der Waals surface area (Å²) in [7, 11) is 0. The third-order valence-corrected chi connectivity index (χ3v) is 4.07. The first kappa shape index (κ1) is 19.2. The van der Waals surface area contributed by atoms with Gasteiger partial charge in [-0.2, -0.15) is 0 Å². The summed E-state index contributed by atoms with van der Waals surface area (Å²) in [4.78, 5) is 35.3. The molecule has 7 heteroatoms. The van der Waals surface area contributed by atoms with E-state index in [1.54, 1.807) is 17.5 Å². The van der Waals surface area contributed by atoms with E-state index in [4.69, 9.17) is 0 Å². The van der Waals surface area contributed by atoms with Crippen LogP contribution in [0.25, 0.3) is 0 Å². The number of carboxylic acid groups (broad SMARTS) is 1. The number of aliphatic carboxylic acids is 1. The molecule has 23 heavy (non-hydrogen) atoms. The molecule has 0 bridgehead atoms. The Morgan fingerprint density at radius 3 is 2.52 bits per heavy atom. The molecule has 0 spiro atoms. The molecule has 3 N–H and O–H groups in total. The van der Waals surface area contributed by atoms with E-state index in [1.807, 2.05) is 20.8 Å². The van der Waals surface area contributed by atoms with Crippen molar-refractivity contribution in [2.75, 3.05) is 6.54 Å². The Bertz CT molecular complexity index is 535. The topological polar surface area (TPSA) is 95.5 Å². The average Bonchev–Trinajstić information content (AvgIpc) is 2.96. The zero-order valence-electron chi connectivity index (χ0n) is 13.7. The van der Waals surface area contributed by atoms with Crippen molar-refractivity contribution < 1.29 is 19.5 Å². The average molecular weight is 340 g/mol. The number of carboxylic acids is 1. The van der Waals surface area contributed by atoms with Crippen molar-refractivity contribution in [1.29, 1.82) is 0 Å². The number of thiophene rings is 1. The van der Waals surface area contributed by atoms with Crippen molar-refractivity contribution in [3.05, 3.63) is 22.4 Å². The molecule has 1 unspecified atom stereocenters. The fraction of sp³-hybridized carbons (Fsp3) is 0.562. The lowest BCUT2D eigenvalue weighted by Crippen LogP contribution is -2.42. The van der Waals surface area contributed by atoms with E-state index in [0.717, 1.165) is 0 Å². The molecule has 0 aliphatic rings. The van der Waals surface area contributed by atoms with Crippen molar-refractivity contribution in [2.45, 2.75) is 46.1 Å². The number of amides is 2. The fourth-order valence-electron chi connectivity index (χ4n) is 1.89. The molecule has 6 nitrogen and oxygen atoms in total. The second kappa shape index (κ2) is 8.67. The predicted molar refractivity (Wildman–Crippen MR) is 89.5 cm³/mol. The maximum atomic E-state index is 11.8. The molecule has 0 saturated carbocycles. The number of carbonyl (C=O) groups is 3. The van der Waals surface area contributed by atoms with Crippen LogP contribution in [0.5, 0.6) is 0 Å². The molecule has 0 aromatic carbocycles. The third-order valence-electron chi connectivity index (χ3n) is 3.20. The maximum absolute atomic E-state index is 11.8. The van der Waals surface area contributed by atoms with E-state index in [9.17, 15) is 19.5 Å². The summed E-state index contributed by atoms with van der Waals surface area (Å²) in [6.07, 6.45) is 1.13. The number of hydrogen-bond acceptors (Lipinski definition) is 4. The molecule has 2 amide bonds. The minimum Gasteiger partial charge on any atom is -0.480 e. The molecule has 0 fully saturated rings. The Labute approximate surface area is 140 Å². The van der Waals surface area contributed by atoms with Gasteiger partial charge in [0.1, 0.15) is 6.04 Å². The first-order chi connectivity index (χ1) is 10.7. The Balaban J connectivity index is 2.35. The number of hydrogen-bond donors (Lipinski definition) is 3. The van der Waals surface area contributed by atoms with Gasteiger partial charge >= 0.3 is 5.97 Å². The van der Waals surface area contributed by atoms with Gasteiger partial charge in [0, 0.05) is 13.0 Å². The van der Waals surface area contributed by atoms with E-state index < -0.39 is 12.0 Å². The summed E-state index contributed by atoms with van der Waals surface area (Å²) >= 11 is 1.32. The predicted octanol–water partition coefficient (Wildman–Crippen LogP) is 2.26. The Kier molecular flexibility index (Phi) is 7.22. The van der Waals surface area contributed by atoms with Gasteiger partial charge in [0.05, 0.1) is 4.88 Å². The van der Waals surface area contributed by atoms with Crippen molar-refractivity contribution in [2.24, 2.45) is 5.41 Å². The molecule has 0 aliphatic carbocycles. The zero-order chi connectivity index (χ0) is 17.5. The molecule has 0 saturated heterocycles. The Hall–Kier alpha value is -1.89. The van der Waals surface area contributed by atoms with Gasteiger partial charge in [-0.15, -0.1) is 11.3 Å². The van der Waals surface area contributed by atoms with Gasteiger partial charge in [0.2, 0.25) is 5.91 Å². The van der Waals surface area contributed by atoms with Crippen LogP contribution in [0.15, 0.2) is 17.5 Å². The summed E-state index contributed by atoms with van der Waals surface area (Å²) in [6.45, 7) is 6.24. The quantitative estimate of drug-likeness (QED) is 0.676. The SMILES string of the molecule is CC(C)(C)CCC(NC(=O)CCNC(=O)c1cccs1)C(=O)O. The van der Waals surface area contributed by atoms with Crippen LogP contribution in [0, 0.1) is 5.41 Å². The molecular formula is C16H24N2O4S. The van der Waals surface area contributed by atoms with E-state index in [-0.39, 0.29) is 30.2 Å². The Morgan fingerprint density at radius 2 is 2.00 bits per heavy atom. The lowest BCUT2D eigenvalue weighted by atomic mass is 9.88. The highest BCUT2D eigenvalue weighted by atomic mass is 32.1. The summed E-state index contributed by atoms with van der Waals surface area (Å²) in [5.41, 5.74) is 0.00705. The van der Waals surface area contributed by atoms with Crippen LogP contribution in [0.2, 0.25) is 0 Å². The van der Waals surface area contributed by atoms with E-state index in [2.05, 4.69) is 10.6 Å². The summed E-state index contributed by atoms with van der Waals surface area (Å²) in [5.74, 6) is -1.64. The van der Waals surface area contributed by atoms with E-state index in [1.165, 1.54) is 11.3 Å². The van der Waals surface area contributed by atoms with Gasteiger partial charge in [-0.3, -0.25) is 9.59 Å². The maximum Gasteiger partial charge on any atom is 0.326 e. The zero-order valence-corrected chi connectivity index (χ0v) is 14.5. The normalized spacial score (nSPS) is 12.5. The van der Waals surface area contributed by atoms with Crippen molar-refractivity contribution in [3.8, 4) is 0 Å². The summed E-state index contributed by atoms with van der Waals surface area (Å²) < 4.78 is 0. The van der Waals surface area contributed by atoms with Crippen molar-refractivity contribution >= 4 is 29.1 Å². The van der Waals surface area contributed by atoms with Crippen LogP contribution in [-0.2, 0) is 9.59 Å². The lowest BCUT2D eigenvalue weighted by Gasteiger charge is -2.21. The first-order valence-electron chi connectivity index (χ1n) is 7.53. The standard InChI is InChI=1S/C16H24N2O4S/c1-16(2,3)8-6-11(15(21)22)18-13(19)7-9-17-14(20)12-5-4-10-23-12/h4-5,10-11H,6-9H2,1-3H3,(H,17,20)(H,18,19)(H,21,22). The molecule has 1 atom stereocenters. The smallest absolute Gasteiger partial charge is 0.326 e. The number of nitrogens with one attached hydrogen (secondary N) is 2. The second-order valence-corrected chi connectivity index (χ2v) is 7.49. The molecule has 0 aliphatic heterocycles. The van der Waals surface area contributed by atoms with Crippen LogP contribution >= 0.6 is 11.3 Å². The molecule has 0 radical (unpaired) electrons. The summed E-state index contributed by atoms with van der Waals surface area (Å²) in [6, 6.07) is 2.58. The molecule has 1 heterocycles. The van der Waals surface area contributed by atoms with Crippen LogP contribution in [0.3, 0.4) is 0 Å². The van der Waals surface area contributed by atoms with E-state index in [0.29, 0.717) is 17.7 Å². The van der Waals surface area contributed by atoms with Crippen LogP contribution < -0.4 is 10.6 Å². The molecule has 128 valence electrons. The summed E-state index contributed by atoms with van der Waals surface area (Å²) in [5, 5.41) is 16.1. The molecule has 1 rings (SSSR count). The molecule has 1 aromatic rings. The van der Waals surface area contributed by atoms with E-state index >= 15 is 0 Å². The number of rotatable bonds is 8. The van der Waals surface area contributed by atoms with Crippen LogP contribution in [-0.4, -0.2) is 35.5 Å². The van der Waals surface area contributed by atoms with Crippen molar-refractivity contribution in [1.82, 2.24) is 10.6 Å². The Morgan fingerprint density at radius 1 is 1.30 bits per heavy atom. The lowest BCUT2D eigenvalue weighted by molar-refractivity contribution is -0.142. The van der Waals surface area contributed by atoms with Gasteiger partial charge in [-0.25, -0.2) is 4.79 Å². The first-order valence-corrected chi connectivity index (χ1v) is 8.41. The van der Waals surface area contributed by atoms with Gasteiger partial charge in [-0.05, 0) is 29.7 Å². The van der Waals surface area contributed by atoms with Crippen LogP contribution in [0.1, 0.15) is 49.7 Å². The number of carbonyl (C=O) groups excluding carboxylic acids is 2. The highest BCUT2D eigenvalue weighted by Gasteiger charge is 2.22. The van der Waals surface area contributed by atoms with Gasteiger partial charge in [-0.1, -0.05) is 26.8 Å². The second-order valence-electron chi connectivity index (χ2n) is 6.54. The largest absolute Gasteiger partial charge is 0.480 e. The minimum atomic E-state index is -1.04. The van der Waals surface area contributed by atoms with Crippen LogP contribution in [0.4, 0.5) is 0 Å². The molecule has 1 aromatic heterocycles. The highest BCUT2D eigenvalue weighted by molar-refractivity contribution is 7.12. The monoisotopic (exact) mass is 340 g/mol. The highest BCUT2D eigenvalue weighted by Crippen LogP contribution is 2.21. The molecular weight excluding hydrogens is 316 g/mol. The third kappa shape index (κ3) is 7.78. The van der Waals surface area contributed by atoms with Gasteiger partial charge < -0.3 is 15.7 Å². The fourth-order valence-corrected chi connectivity index (χ4v) is 2.53. The van der Waals surface area contributed by atoms with Crippen molar-refractivity contribution in [3.63, 3.8) is 0 Å².